The zero-order valence-electron chi connectivity index (χ0n) is 16.2. The third-order valence-electron chi connectivity index (χ3n) is 4.56. The second-order valence-corrected chi connectivity index (χ2v) is 6.81. The molecule has 7 heteroatoms. The maximum absolute atomic E-state index is 13.6. The van der Waals surface area contributed by atoms with Gasteiger partial charge in [0.2, 0.25) is 5.91 Å². The highest BCUT2D eigenvalue weighted by Crippen LogP contribution is 2.21. The fraction of sp³-hybridized carbons (Fsp3) is 0.273. The van der Waals surface area contributed by atoms with Gasteiger partial charge in [0, 0.05) is 37.5 Å². The van der Waals surface area contributed by atoms with Crippen LogP contribution in [-0.2, 0) is 11.3 Å². The van der Waals surface area contributed by atoms with Gasteiger partial charge in [0.05, 0.1) is 11.1 Å². The van der Waals surface area contributed by atoms with E-state index in [0.29, 0.717) is 12.5 Å². The SMILES string of the molecule is CCCn1ccc2ccc(NC(=O)CCCNC(=O)c3ccc(F)cc3F)cc21. The molecule has 3 aromatic rings. The van der Waals surface area contributed by atoms with Crippen LogP contribution in [0.3, 0.4) is 0 Å². The third kappa shape index (κ3) is 5.19. The molecule has 0 saturated heterocycles. The highest BCUT2D eigenvalue weighted by molar-refractivity contribution is 5.95. The molecule has 3 rings (SSSR count). The van der Waals surface area contributed by atoms with Gasteiger partial charge >= 0.3 is 0 Å². The lowest BCUT2D eigenvalue weighted by Gasteiger charge is -2.09. The number of benzene rings is 2. The van der Waals surface area contributed by atoms with Crippen molar-refractivity contribution < 1.29 is 18.4 Å². The molecule has 2 aromatic carbocycles. The number of nitrogens with one attached hydrogen (secondary N) is 2. The number of aryl methyl sites for hydroxylation is 1. The lowest BCUT2D eigenvalue weighted by atomic mass is 10.2. The summed E-state index contributed by atoms with van der Waals surface area (Å²) in [5.41, 5.74) is 1.56. The molecule has 0 aliphatic carbocycles. The molecule has 2 N–H and O–H groups in total. The molecule has 0 fully saturated rings. The Morgan fingerprint density at radius 3 is 2.66 bits per heavy atom. The highest BCUT2D eigenvalue weighted by atomic mass is 19.1. The zero-order chi connectivity index (χ0) is 20.8. The molecule has 5 nitrogen and oxygen atoms in total. The monoisotopic (exact) mass is 399 g/mol. The number of rotatable bonds is 8. The van der Waals surface area contributed by atoms with Crippen molar-refractivity contribution in [1.82, 2.24) is 9.88 Å². The summed E-state index contributed by atoms with van der Waals surface area (Å²) in [6.45, 7) is 3.23. The van der Waals surface area contributed by atoms with Crippen LogP contribution in [0.25, 0.3) is 10.9 Å². The predicted molar refractivity (Wildman–Crippen MR) is 109 cm³/mol. The van der Waals surface area contributed by atoms with Crippen LogP contribution >= 0.6 is 0 Å². The Hall–Kier alpha value is -3.22. The van der Waals surface area contributed by atoms with E-state index in [2.05, 4.69) is 22.1 Å². The molecule has 0 atom stereocenters. The van der Waals surface area contributed by atoms with Gasteiger partial charge in [-0.25, -0.2) is 8.78 Å². The summed E-state index contributed by atoms with van der Waals surface area (Å²) in [4.78, 5) is 24.1. The molecule has 0 spiro atoms. The molecule has 0 radical (unpaired) electrons. The lowest BCUT2D eigenvalue weighted by molar-refractivity contribution is -0.116. The first kappa shape index (κ1) is 20.5. The number of halogens is 2. The van der Waals surface area contributed by atoms with Crippen molar-refractivity contribution in [3.05, 3.63) is 65.9 Å². The van der Waals surface area contributed by atoms with E-state index >= 15 is 0 Å². The second-order valence-electron chi connectivity index (χ2n) is 6.81. The third-order valence-corrected chi connectivity index (χ3v) is 4.56. The predicted octanol–water partition coefficient (Wildman–Crippen LogP) is 4.48. The van der Waals surface area contributed by atoms with Crippen molar-refractivity contribution in [1.29, 1.82) is 0 Å². The Balaban J connectivity index is 1.48. The van der Waals surface area contributed by atoms with Gasteiger partial charge < -0.3 is 15.2 Å². The molecule has 0 aliphatic heterocycles. The topological polar surface area (TPSA) is 63.1 Å². The minimum Gasteiger partial charge on any atom is -0.352 e. The van der Waals surface area contributed by atoms with Crippen LogP contribution in [0.2, 0.25) is 0 Å². The number of carbonyl (C=O) groups is 2. The number of hydrogen-bond acceptors (Lipinski definition) is 2. The summed E-state index contributed by atoms with van der Waals surface area (Å²) >= 11 is 0. The second kappa shape index (κ2) is 9.32. The first-order valence-corrected chi connectivity index (χ1v) is 9.60. The number of fused-ring (bicyclic) bond motifs is 1. The van der Waals surface area contributed by atoms with E-state index in [1.807, 2.05) is 30.5 Å². The van der Waals surface area contributed by atoms with Gasteiger partial charge in [0.15, 0.2) is 0 Å². The van der Waals surface area contributed by atoms with E-state index in [9.17, 15) is 18.4 Å². The average Bonchev–Trinajstić information content (AvgIpc) is 3.08. The van der Waals surface area contributed by atoms with Gasteiger partial charge in [-0.1, -0.05) is 13.0 Å². The maximum atomic E-state index is 13.6. The Morgan fingerprint density at radius 2 is 1.90 bits per heavy atom. The number of aromatic nitrogens is 1. The minimum absolute atomic E-state index is 0.167. The first-order chi connectivity index (χ1) is 14.0. The lowest BCUT2D eigenvalue weighted by Crippen LogP contribution is -2.26. The summed E-state index contributed by atoms with van der Waals surface area (Å²) in [7, 11) is 0. The quantitative estimate of drug-likeness (QED) is 0.549. The van der Waals surface area contributed by atoms with E-state index in [1.165, 1.54) is 0 Å². The van der Waals surface area contributed by atoms with Crippen LogP contribution in [0, 0.1) is 11.6 Å². The molecule has 2 amide bonds. The van der Waals surface area contributed by atoms with Crippen molar-refractivity contribution in [3.8, 4) is 0 Å². The van der Waals surface area contributed by atoms with E-state index in [0.717, 1.165) is 41.7 Å². The minimum atomic E-state index is -0.913. The number of anilines is 1. The van der Waals surface area contributed by atoms with Crippen LogP contribution in [0.1, 0.15) is 36.5 Å². The van der Waals surface area contributed by atoms with Crippen molar-refractivity contribution >= 4 is 28.4 Å². The van der Waals surface area contributed by atoms with Gasteiger partial charge in [-0.05, 0) is 48.6 Å². The van der Waals surface area contributed by atoms with Crippen LogP contribution < -0.4 is 10.6 Å². The molecule has 0 unspecified atom stereocenters. The Morgan fingerprint density at radius 1 is 1.07 bits per heavy atom. The molecule has 1 aromatic heterocycles. The molecule has 29 heavy (non-hydrogen) atoms. The highest BCUT2D eigenvalue weighted by Gasteiger charge is 2.12. The van der Waals surface area contributed by atoms with Crippen molar-refractivity contribution in [2.75, 3.05) is 11.9 Å². The average molecular weight is 399 g/mol. The molecule has 152 valence electrons. The standard InChI is InChI=1S/C22H23F2N3O2/c1-2-11-27-12-9-15-5-7-17(14-20(15)27)26-21(28)4-3-10-25-22(29)18-8-6-16(23)13-19(18)24/h5-9,12-14H,2-4,10-11H2,1H3,(H,25,29)(H,26,28). The molecular formula is C22H23F2N3O2. The molecular weight excluding hydrogens is 376 g/mol. The van der Waals surface area contributed by atoms with Crippen LogP contribution in [0.5, 0.6) is 0 Å². The zero-order valence-corrected chi connectivity index (χ0v) is 16.2. The Kier molecular flexibility index (Phi) is 6.59. The number of hydrogen-bond donors (Lipinski definition) is 2. The first-order valence-electron chi connectivity index (χ1n) is 9.60. The van der Waals surface area contributed by atoms with Crippen molar-refractivity contribution in [3.63, 3.8) is 0 Å². The summed E-state index contributed by atoms with van der Waals surface area (Å²) in [6, 6.07) is 10.6. The van der Waals surface area contributed by atoms with E-state index < -0.39 is 17.5 Å². The van der Waals surface area contributed by atoms with Gasteiger partial charge in [0.1, 0.15) is 11.6 Å². The molecule has 0 aliphatic rings. The normalized spacial score (nSPS) is 10.9. The largest absolute Gasteiger partial charge is 0.352 e. The van der Waals surface area contributed by atoms with Gasteiger partial charge in [-0.15, -0.1) is 0 Å². The van der Waals surface area contributed by atoms with Crippen molar-refractivity contribution in [2.24, 2.45) is 0 Å². The van der Waals surface area contributed by atoms with Crippen molar-refractivity contribution in [2.45, 2.75) is 32.7 Å². The Bertz CT molecular complexity index is 1030. The van der Waals surface area contributed by atoms with Crippen LogP contribution in [-0.4, -0.2) is 22.9 Å². The Labute approximate surface area is 167 Å². The fourth-order valence-electron chi connectivity index (χ4n) is 3.14. The fourth-order valence-corrected chi connectivity index (χ4v) is 3.14. The molecule has 0 bridgehead atoms. The summed E-state index contributed by atoms with van der Waals surface area (Å²) < 4.78 is 28.6. The summed E-state index contributed by atoms with van der Waals surface area (Å²) in [6.07, 6.45) is 3.66. The smallest absolute Gasteiger partial charge is 0.254 e. The number of nitrogens with zero attached hydrogens (tertiary/aromatic N) is 1. The number of carbonyl (C=O) groups excluding carboxylic acids is 2. The molecule has 0 saturated carbocycles. The summed E-state index contributed by atoms with van der Waals surface area (Å²) in [5.74, 6) is -2.45. The van der Waals surface area contributed by atoms with Gasteiger partial charge in [0.25, 0.3) is 5.91 Å². The van der Waals surface area contributed by atoms with Gasteiger partial charge in [-0.3, -0.25) is 9.59 Å². The van der Waals surface area contributed by atoms with Crippen LogP contribution in [0.15, 0.2) is 48.7 Å². The molecule has 1 heterocycles. The van der Waals surface area contributed by atoms with Crippen LogP contribution in [0.4, 0.5) is 14.5 Å². The van der Waals surface area contributed by atoms with E-state index in [1.54, 1.807) is 0 Å². The van der Waals surface area contributed by atoms with E-state index in [-0.39, 0.29) is 24.4 Å². The number of amides is 2. The van der Waals surface area contributed by atoms with Gasteiger partial charge in [-0.2, -0.15) is 0 Å². The summed E-state index contributed by atoms with van der Waals surface area (Å²) in [5, 5.41) is 6.52. The van der Waals surface area contributed by atoms with E-state index in [4.69, 9.17) is 0 Å². The maximum Gasteiger partial charge on any atom is 0.254 e.